The third kappa shape index (κ3) is 3.18. The van der Waals surface area contributed by atoms with E-state index in [1.54, 1.807) is 21.3 Å². The minimum atomic E-state index is 0.0455. The van der Waals surface area contributed by atoms with Crippen LogP contribution in [-0.2, 0) is 16.1 Å². The molecule has 1 aromatic carbocycles. The van der Waals surface area contributed by atoms with E-state index in [1.165, 1.54) is 0 Å². The molecule has 1 aromatic rings. The van der Waals surface area contributed by atoms with Crippen LogP contribution in [0.5, 0.6) is 11.5 Å². The van der Waals surface area contributed by atoms with E-state index >= 15 is 0 Å². The highest BCUT2D eigenvalue weighted by molar-refractivity contribution is 5.50. The van der Waals surface area contributed by atoms with Gasteiger partial charge >= 0.3 is 0 Å². The van der Waals surface area contributed by atoms with Crippen LogP contribution in [0.25, 0.3) is 0 Å². The van der Waals surface area contributed by atoms with E-state index in [4.69, 9.17) is 18.9 Å². The average Bonchev–Trinajstić information content (AvgIpc) is 2.47. The van der Waals surface area contributed by atoms with Crippen molar-refractivity contribution in [2.75, 3.05) is 41.0 Å². The fourth-order valence-corrected chi connectivity index (χ4v) is 2.29. The van der Waals surface area contributed by atoms with Gasteiger partial charge in [0.05, 0.1) is 33.5 Å². The van der Waals surface area contributed by atoms with Crippen LogP contribution in [0.2, 0.25) is 0 Å². The standard InChI is InChI=1S/C14H21NO4/c1-16-9-11-6-10(13-8-15-4-5-19-13)7-12(17-2)14(11)18-3/h6-7,13,15H,4-5,8-9H2,1-3H3. The average molecular weight is 267 g/mol. The molecule has 1 N–H and O–H groups in total. The first-order chi connectivity index (χ1) is 9.30. The molecular formula is C14H21NO4. The molecule has 1 heterocycles. The monoisotopic (exact) mass is 267 g/mol. The molecule has 1 atom stereocenters. The van der Waals surface area contributed by atoms with Gasteiger partial charge in [-0.05, 0) is 17.7 Å². The molecule has 0 radical (unpaired) electrons. The van der Waals surface area contributed by atoms with Gasteiger partial charge in [0.1, 0.15) is 0 Å². The van der Waals surface area contributed by atoms with Gasteiger partial charge in [-0.25, -0.2) is 0 Å². The van der Waals surface area contributed by atoms with Gasteiger partial charge in [0.15, 0.2) is 11.5 Å². The molecule has 106 valence electrons. The fourth-order valence-electron chi connectivity index (χ4n) is 2.29. The number of nitrogens with one attached hydrogen (secondary N) is 1. The molecule has 0 saturated carbocycles. The van der Waals surface area contributed by atoms with E-state index in [0.29, 0.717) is 12.4 Å². The molecule has 1 fully saturated rings. The molecular weight excluding hydrogens is 246 g/mol. The van der Waals surface area contributed by atoms with Crippen LogP contribution in [0.15, 0.2) is 12.1 Å². The van der Waals surface area contributed by atoms with Crippen LogP contribution >= 0.6 is 0 Å². The van der Waals surface area contributed by atoms with E-state index in [0.717, 1.165) is 36.6 Å². The second-order valence-corrected chi connectivity index (χ2v) is 4.41. The largest absolute Gasteiger partial charge is 0.493 e. The van der Waals surface area contributed by atoms with Gasteiger partial charge in [0.2, 0.25) is 0 Å². The lowest BCUT2D eigenvalue weighted by molar-refractivity contribution is 0.0274. The molecule has 0 aromatic heterocycles. The van der Waals surface area contributed by atoms with Crippen molar-refractivity contribution in [3.05, 3.63) is 23.3 Å². The number of hydrogen-bond donors (Lipinski definition) is 1. The van der Waals surface area contributed by atoms with Crippen molar-refractivity contribution in [1.82, 2.24) is 5.32 Å². The second kappa shape index (κ2) is 6.75. The van der Waals surface area contributed by atoms with Crippen molar-refractivity contribution in [3.8, 4) is 11.5 Å². The van der Waals surface area contributed by atoms with Crippen molar-refractivity contribution >= 4 is 0 Å². The van der Waals surface area contributed by atoms with Crippen LogP contribution in [0.1, 0.15) is 17.2 Å². The van der Waals surface area contributed by atoms with Gasteiger partial charge < -0.3 is 24.3 Å². The molecule has 2 rings (SSSR count). The third-order valence-corrected chi connectivity index (χ3v) is 3.18. The Morgan fingerprint density at radius 2 is 2.11 bits per heavy atom. The summed E-state index contributed by atoms with van der Waals surface area (Å²) in [6, 6.07) is 4.03. The molecule has 1 unspecified atom stereocenters. The molecule has 1 aliphatic rings. The molecule has 0 amide bonds. The number of morpholine rings is 1. The predicted octanol–water partition coefficient (Wildman–Crippen LogP) is 1.51. The molecule has 0 spiro atoms. The number of benzene rings is 1. The summed E-state index contributed by atoms with van der Waals surface area (Å²) in [7, 11) is 4.94. The Hall–Kier alpha value is -1.30. The summed E-state index contributed by atoms with van der Waals surface area (Å²) in [4.78, 5) is 0. The summed E-state index contributed by atoms with van der Waals surface area (Å²) < 4.78 is 21.8. The maximum absolute atomic E-state index is 5.77. The molecule has 5 heteroatoms. The van der Waals surface area contributed by atoms with E-state index in [2.05, 4.69) is 11.4 Å². The Balaban J connectivity index is 2.35. The fraction of sp³-hybridized carbons (Fsp3) is 0.571. The summed E-state index contributed by atoms with van der Waals surface area (Å²) in [5.41, 5.74) is 2.05. The summed E-state index contributed by atoms with van der Waals surface area (Å²) >= 11 is 0. The maximum Gasteiger partial charge on any atom is 0.166 e. The Morgan fingerprint density at radius 1 is 1.26 bits per heavy atom. The van der Waals surface area contributed by atoms with Crippen LogP contribution in [0.4, 0.5) is 0 Å². The third-order valence-electron chi connectivity index (χ3n) is 3.18. The Bertz CT molecular complexity index is 416. The molecule has 1 saturated heterocycles. The highest BCUT2D eigenvalue weighted by Gasteiger charge is 2.20. The molecule has 19 heavy (non-hydrogen) atoms. The van der Waals surface area contributed by atoms with Crippen LogP contribution in [-0.4, -0.2) is 41.0 Å². The smallest absolute Gasteiger partial charge is 0.166 e. The lowest BCUT2D eigenvalue weighted by Gasteiger charge is -2.25. The molecule has 0 aliphatic carbocycles. The van der Waals surface area contributed by atoms with Crippen molar-refractivity contribution < 1.29 is 18.9 Å². The SMILES string of the molecule is COCc1cc(C2CNCCO2)cc(OC)c1OC. The minimum Gasteiger partial charge on any atom is -0.493 e. The summed E-state index contributed by atoms with van der Waals surface area (Å²) in [6.07, 6.45) is 0.0455. The van der Waals surface area contributed by atoms with Crippen molar-refractivity contribution in [2.24, 2.45) is 0 Å². The van der Waals surface area contributed by atoms with E-state index in [1.807, 2.05) is 6.07 Å². The summed E-state index contributed by atoms with van der Waals surface area (Å²) in [5.74, 6) is 1.43. The van der Waals surface area contributed by atoms with E-state index in [-0.39, 0.29) is 6.10 Å². The highest BCUT2D eigenvalue weighted by atomic mass is 16.5. The van der Waals surface area contributed by atoms with Gasteiger partial charge in [-0.2, -0.15) is 0 Å². The van der Waals surface area contributed by atoms with Gasteiger partial charge in [0.25, 0.3) is 0 Å². The first-order valence-corrected chi connectivity index (χ1v) is 6.36. The topological polar surface area (TPSA) is 49.0 Å². The van der Waals surface area contributed by atoms with E-state index < -0.39 is 0 Å². The van der Waals surface area contributed by atoms with Crippen LogP contribution in [0, 0.1) is 0 Å². The van der Waals surface area contributed by atoms with Gasteiger partial charge in [-0.3, -0.25) is 0 Å². The zero-order valence-electron chi connectivity index (χ0n) is 11.7. The van der Waals surface area contributed by atoms with Crippen LogP contribution < -0.4 is 14.8 Å². The molecule has 5 nitrogen and oxygen atoms in total. The lowest BCUT2D eigenvalue weighted by Crippen LogP contribution is -2.33. The number of methoxy groups -OCH3 is 3. The second-order valence-electron chi connectivity index (χ2n) is 4.41. The van der Waals surface area contributed by atoms with Gasteiger partial charge in [-0.15, -0.1) is 0 Å². The number of ether oxygens (including phenoxy) is 4. The summed E-state index contributed by atoms with van der Waals surface area (Å²) in [6.45, 7) is 2.91. The Kier molecular flexibility index (Phi) is 5.01. The zero-order chi connectivity index (χ0) is 13.7. The minimum absolute atomic E-state index is 0.0455. The Morgan fingerprint density at radius 3 is 2.68 bits per heavy atom. The number of hydrogen-bond acceptors (Lipinski definition) is 5. The maximum atomic E-state index is 5.77. The normalized spacial score (nSPS) is 19.2. The predicted molar refractivity (Wildman–Crippen MR) is 71.8 cm³/mol. The van der Waals surface area contributed by atoms with Crippen molar-refractivity contribution in [2.45, 2.75) is 12.7 Å². The highest BCUT2D eigenvalue weighted by Crippen LogP contribution is 2.35. The zero-order valence-corrected chi connectivity index (χ0v) is 11.7. The first kappa shape index (κ1) is 14.1. The van der Waals surface area contributed by atoms with E-state index in [9.17, 15) is 0 Å². The van der Waals surface area contributed by atoms with Crippen molar-refractivity contribution in [3.63, 3.8) is 0 Å². The lowest BCUT2D eigenvalue weighted by atomic mass is 10.0. The molecule has 1 aliphatic heterocycles. The van der Waals surface area contributed by atoms with Crippen molar-refractivity contribution in [1.29, 1.82) is 0 Å². The Labute approximate surface area is 113 Å². The molecule has 0 bridgehead atoms. The first-order valence-electron chi connectivity index (χ1n) is 6.36. The van der Waals surface area contributed by atoms with Gasteiger partial charge in [-0.1, -0.05) is 0 Å². The van der Waals surface area contributed by atoms with Crippen LogP contribution in [0.3, 0.4) is 0 Å². The quantitative estimate of drug-likeness (QED) is 0.876. The summed E-state index contributed by atoms with van der Waals surface area (Å²) in [5, 5.41) is 3.32. The number of rotatable bonds is 5. The van der Waals surface area contributed by atoms with Gasteiger partial charge in [0, 0.05) is 25.8 Å².